The van der Waals surface area contributed by atoms with Gasteiger partial charge in [0.2, 0.25) is 0 Å². The van der Waals surface area contributed by atoms with E-state index in [1.165, 1.54) is 0 Å². The number of nitrogens with zero attached hydrogens (tertiary/aromatic N) is 6. The van der Waals surface area contributed by atoms with Gasteiger partial charge in [-0.1, -0.05) is 35.9 Å². The molecular formula is C21H19ClN6O. The summed E-state index contributed by atoms with van der Waals surface area (Å²) in [5.74, 6) is 1.18. The quantitative estimate of drug-likeness (QED) is 0.561. The molecule has 0 bridgehead atoms. The van der Waals surface area contributed by atoms with Crippen LogP contribution in [0.25, 0.3) is 16.7 Å². The SMILES string of the molecule is Oc1ccccc1N1CCN(c2ncnc3c2cnn3-c2ccccc2Cl)CC1. The van der Waals surface area contributed by atoms with E-state index in [1.54, 1.807) is 23.3 Å². The molecule has 1 saturated heterocycles. The third-order valence-electron chi connectivity index (χ3n) is 5.23. The average molecular weight is 407 g/mol. The van der Waals surface area contributed by atoms with Crippen molar-refractivity contribution in [3.8, 4) is 11.4 Å². The Balaban J connectivity index is 1.44. The average Bonchev–Trinajstić information content (AvgIpc) is 3.19. The minimum Gasteiger partial charge on any atom is -0.506 e. The molecule has 0 radical (unpaired) electrons. The first-order chi connectivity index (χ1) is 14.2. The fourth-order valence-electron chi connectivity index (χ4n) is 3.77. The summed E-state index contributed by atoms with van der Waals surface area (Å²) in [6, 6.07) is 15.0. The van der Waals surface area contributed by atoms with Crippen molar-refractivity contribution in [2.24, 2.45) is 0 Å². The summed E-state index contributed by atoms with van der Waals surface area (Å²) >= 11 is 6.35. The zero-order valence-electron chi connectivity index (χ0n) is 15.6. The lowest BCUT2D eigenvalue weighted by Crippen LogP contribution is -2.46. The number of piperazine rings is 1. The van der Waals surface area contributed by atoms with Gasteiger partial charge < -0.3 is 14.9 Å². The van der Waals surface area contributed by atoms with Gasteiger partial charge in [-0.3, -0.25) is 0 Å². The summed E-state index contributed by atoms with van der Waals surface area (Å²) in [5, 5.41) is 16.1. The lowest BCUT2D eigenvalue weighted by molar-refractivity contribution is 0.472. The van der Waals surface area contributed by atoms with Gasteiger partial charge in [0.25, 0.3) is 0 Å². The van der Waals surface area contributed by atoms with Crippen LogP contribution in [0.3, 0.4) is 0 Å². The van der Waals surface area contributed by atoms with Crippen LogP contribution in [0.5, 0.6) is 5.75 Å². The molecular weight excluding hydrogens is 388 g/mol. The molecule has 0 spiro atoms. The predicted molar refractivity (Wildman–Crippen MR) is 114 cm³/mol. The number of benzene rings is 2. The van der Waals surface area contributed by atoms with Crippen LogP contribution in [0, 0.1) is 0 Å². The van der Waals surface area contributed by atoms with Crippen molar-refractivity contribution in [2.75, 3.05) is 36.0 Å². The molecule has 0 unspecified atom stereocenters. The van der Waals surface area contributed by atoms with Crippen LogP contribution in [-0.4, -0.2) is 51.0 Å². The first-order valence-corrected chi connectivity index (χ1v) is 9.82. The number of hydrogen-bond donors (Lipinski definition) is 1. The monoisotopic (exact) mass is 406 g/mol. The van der Waals surface area contributed by atoms with Crippen LogP contribution < -0.4 is 9.80 Å². The minimum absolute atomic E-state index is 0.311. The molecule has 5 rings (SSSR count). The Bertz CT molecular complexity index is 1170. The maximum Gasteiger partial charge on any atom is 0.168 e. The van der Waals surface area contributed by atoms with Crippen LogP contribution in [0.1, 0.15) is 0 Å². The number of para-hydroxylation sites is 3. The fourth-order valence-corrected chi connectivity index (χ4v) is 3.99. The number of rotatable bonds is 3. The molecule has 0 atom stereocenters. The second kappa shape index (κ2) is 7.25. The molecule has 146 valence electrons. The number of halogens is 1. The molecule has 2 aromatic heterocycles. The van der Waals surface area contributed by atoms with Gasteiger partial charge in [0.05, 0.1) is 28.0 Å². The molecule has 2 aromatic carbocycles. The Morgan fingerprint density at radius 3 is 2.28 bits per heavy atom. The standard InChI is InChI=1S/C21H19ClN6O/c22-16-5-1-2-6-17(16)28-21-15(13-25-28)20(23-14-24-21)27-11-9-26(10-12-27)18-7-3-4-8-19(18)29/h1-8,13-14,29H,9-12H2. The highest BCUT2D eigenvalue weighted by atomic mass is 35.5. The maximum atomic E-state index is 10.1. The van der Waals surface area contributed by atoms with E-state index < -0.39 is 0 Å². The minimum atomic E-state index is 0.311. The van der Waals surface area contributed by atoms with E-state index in [9.17, 15) is 5.11 Å². The molecule has 0 saturated carbocycles. The highest BCUT2D eigenvalue weighted by Gasteiger charge is 2.23. The number of aromatic nitrogens is 4. The van der Waals surface area contributed by atoms with Gasteiger partial charge in [-0.05, 0) is 24.3 Å². The van der Waals surface area contributed by atoms with Crippen molar-refractivity contribution in [2.45, 2.75) is 0 Å². The number of anilines is 2. The van der Waals surface area contributed by atoms with Gasteiger partial charge in [-0.15, -0.1) is 0 Å². The van der Waals surface area contributed by atoms with E-state index in [2.05, 4.69) is 24.9 Å². The van der Waals surface area contributed by atoms with Crippen molar-refractivity contribution in [1.29, 1.82) is 0 Å². The van der Waals surface area contributed by atoms with Gasteiger partial charge in [-0.2, -0.15) is 5.10 Å². The van der Waals surface area contributed by atoms with Crippen LogP contribution in [0.15, 0.2) is 61.1 Å². The van der Waals surface area contributed by atoms with Crippen LogP contribution in [0.2, 0.25) is 5.02 Å². The summed E-state index contributed by atoms with van der Waals surface area (Å²) in [6.07, 6.45) is 3.37. The second-order valence-corrected chi connectivity index (χ2v) is 7.31. The highest BCUT2D eigenvalue weighted by Crippen LogP contribution is 2.30. The van der Waals surface area contributed by atoms with Crippen molar-refractivity contribution in [1.82, 2.24) is 19.7 Å². The van der Waals surface area contributed by atoms with Gasteiger partial charge in [-0.25, -0.2) is 14.6 Å². The summed E-state index contributed by atoms with van der Waals surface area (Å²) in [6.45, 7) is 3.17. The molecule has 3 heterocycles. The fraction of sp³-hybridized carbons (Fsp3) is 0.190. The van der Waals surface area contributed by atoms with Crippen molar-refractivity contribution >= 4 is 34.1 Å². The lowest BCUT2D eigenvalue weighted by atomic mass is 10.2. The van der Waals surface area contributed by atoms with E-state index in [1.807, 2.05) is 42.5 Å². The van der Waals surface area contributed by atoms with Crippen LogP contribution in [-0.2, 0) is 0 Å². The number of aromatic hydroxyl groups is 1. The predicted octanol–water partition coefficient (Wildman–Crippen LogP) is 3.50. The third-order valence-corrected chi connectivity index (χ3v) is 5.55. The molecule has 1 N–H and O–H groups in total. The summed E-state index contributed by atoms with van der Waals surface area (Å²) < 4.78 is 1.75. The molecule has 8 heteroatoms. The Labute approximate surface area is 172 Å². The summed E-state index contributed by atoms with van der Waals surface area (Å²) in [5.41, 5.74) is 2.39. The van der Waals surface area contributed by atoms with Gasteiger partial charge in [0, 0.05) is 26.2 Å². The largest absolute Gasteiger partial charge is 0.506 e. The molecule has 1 aliphatic rings. The maximum absolute atomic E-state index is 10.1. The Hall–Kier alpha value is -3.32. The van der Waals surface area contributed by atoms with Crippen molar-refractivity contribution < 1.29 is 5.11 Å². The van der Waals surface area contributed by atoms with Gasteiger partial charge >= 0.3 is 0 Å². The smallest absolute Gasteiger partial charge is 0.168 e. The molecule has 29 heavy (non-hydrogen) atoms. The Kier molecular flexibility index (Phi) is 4.44. The number of phenolic OH excluding ortho intramolecular Hbond substituents is 1. The zero-order valence-corrected chi connectivity index (χ0v) is 16.4. The van der Waals surface area contributed by atoms with Crippen molar-refractivity contribution in [3.63, 3.8) is 0 Å². The van der Waals surface area contributed by atoms with E-state index in [0.29, 0.717) is 10.8 Å². The third kappa shape index (κ3) is 3.13. The number of fused-ring (bicyclic) bond motifs is 1. The molecule has 1 fully saturated rings. The first kappa shape index (κ1) is 17.8. The van der Waals surface area contributed by atoms with Gasteiger partial charge in [0.15, 0.2) is 5.65 Å². The van der Waals surface area contributed by atoms with E-state index in [0.717, 1.165) is 54.4 Å². The Morgan fingerprint density at radius 2 is 1.52 bits per heavy atom. The molecule has 7 nitrogen and oxygen atoms in total. The van der Waals surface area contributed by atoms with Crippen LogP contribution in [0.4, 0.5) is 11.5 Å². The highest BCUT2D eigenvalue weighted by molar-refractivity contribution is 6.32. The molecule has 1 aliphatic heterocycles. The zero-order chi connectivity index (χ0) is 19.8. The first-order valence-electron chi connectivity index (χ1n) is 9.44. The number of phenols is 1. The normalized spacial score (nSPS) is 14.5. The van der Waals surface area contributed by atoms with Gasteiger partial charge in [0.1, 0.15) is 17.9 Å². The van der Waals surface area contributed by atoms with E-state index in [-0.39, 0.29) is 0 Å². The van der Waals surface area contributed by atoms with Crippen molar-refractivity contribution in [3.05, 3.63) is 66.1 Å². The Morgan fingerprint density at radius 1 is 0.828 bits per heavy atom. The summed E-state index contributed by atoms with van der Waals surface area (Å²) in [7, 11) is 0. The second-order valence-electron chi connectivity index (χ2n) is 6.91. The summed E-state index contributed by atoms with van der Waals surface area (Å²) in [4.78, 5) is 13.4. The molecule has 0 aliphatic carbocycles. The topological polar surface area (TPSA) is 70.3 Å². The van der Waals surface area contributed by atoms with E-state index >= 15 is 0 Å². The van der Waals surface area contributed by atoms with E-state index in [4.69, 9.17) is 11.6 Å². The lowest BCUT2D eigenvalue weighted by Gasteiger charge is -2.37. The molecule has 0 amide bonds. The molecule has 4 aromatic rings. The van der Waals surface area contributed by atoms with Crippen LogP contribution >= 0.6 is 11.6 Å². The number of hydrogen-bond acceptors (Lipinski definition) is 6.